The third kappa shape index (κ3) is 6.04. The summed E-state index contributed by atoms with van der Waals surface area (Å²) in [7, 11) is -3.52. The molecule has 4 aromatic rings. The Labute approximate surface area is 238 Å². The number of aryl methyl sites for hydroxylation is 1. The van der Waals surface area contributed by atoms with E-state index in [0.29, 0.717) is 37.0 Å². The molecule has 0 amide bonds. The van der Waals surface area contributed by atoms with E-state index in [2.05, 4.69) is 62.2 Å². The van der Waals surface area contributed by atoms with E-state index in [0.717, 1.165) is 46.6 Å². The average molecular weight is 558 g/mol. The lowest BCUT2D eigenvalue weighted by atomic mass is 10.0. The van der Waals surface area contributed by atoms with Crippen LogP contribution in [0.5, 0.6) is 0 Å². The molecule has 7 nitrogen and oxygen atoms in total. The highest BCUT2D eigenvalue weighted by Crippen LogP contribution is 2.29. The highest BCUT2D eigenvalue weighted by Gasteiger charge is 2.31. The Morgan fingerprint density at radius 2 is 1.52 bits per heavy atom. The number of anilines is 2. The molecule has 5 rings (SSSR count). The van der Waals surface area contributed by atoms with Crippen molar-refractivity contribution in [3.05, 3.63) is 89.7 Å². The van der Waals surface area contributed by atoms with E-state index in [1.807, 2.05) is 36.4 Å². The molecule has 8 heteroatoms. The average Bonchev–Trinajstić information content (AvgIpc) is 2.97. The van der Waals surface area contributed by atoms with Crippen LogP contribution in [0.25, 0.3) is 10.9 Å². The number of nitrogens with one attached hydrogen (secondary N) is 1. The second-order valence-electron chi connectivity index (χ2n) is 10.9. The largest absolute Gasteiger partial charge is 0.340 e. The first kappa shape index (κ1) is 28.2. The van der Waals surface area contributed by atoms with Crippen LogP contribution in [0.2, 0.25) is 0 Å². The maximum atomic E-state index is 13.3. The van der Waals surface area contributed by atoms with Gasteiger partial charge in [-0.2, -0.15) is 4.31 Å². The summed E-state index contributed by atoms with van der Waals surface area (Å²) >= 11 is 0. The van der Waals surface area contributed by atoms with E-state index >= 15 is 0 Å². The molecule has 0 radical (unpaired) electrons. The molecular formula is C32H39N5O2S. The number of aromatic nitrogens is 2. The smallest absolute Gasteiger partial charge is 0.243 e. The first-order valence-electron chi connectivity index (χ1n) is 14.2. The standard InChI is InChI=1S/C32H39N5O2S/c1-5-8-25-11-17-28(18-12-25)40(38,39)37-21-19-36(20-22-37)24(4)31-34-30-10-7-6-9-29(30)32(35-31)33-27-15-13-26(14-16-27)23(2)3/h6-7,9-18,23-24H,5,8,19-22H2,1-4H3,(H,33,34,35)/t24-/m1/s1. The monoisotopic (exact) mass is 557 g/mol. The maximum absolute atomic E-state index is 13.3. The zero-order chi connectivity index (χ0) is 28.3. The minimum Gasteiger partial charge on any atom is -0.340 e. The predicted octanol–water partition coefficient (Wildman–Crippen LogP) is 6.52. The number of para-hydroxylation sites is 1. The van der Waals surface area contributed by atoms with E-state index in [1.54, 1.807) is 16.4 Å². The van der Waals surface area contributed by atoms with Crippen LogP contribution in [0.15, 0.2) is 77.7 Å². The summed E-state index contributed by atoms with van der Waals surface area (Å²) in [6, 6.07) is 23.8. The molecule has 0 saturated carbocycles. The summed E-state index contributed by atoms with van der Waals surface area (Å²) in [6.45, 7) is 10.7. The highest BCUT2D eigenvalue weighted by atomic mass is 32.2. The fourth-order valence-electron chi connectivity index (χ4n) is 5.23. The fraction of sp³-hybridized carbons (Fsp3) is 0.375. The van der Waals surface area contributed by atoms with Crippen LogP contribution in [-0.4, -0.2) is 53.8 Å². The molecule has 3 aromatic carbocycles. The quantitative estimate of drug-likeness (QED) is 0.253. The molecule has 0 aliphatic carbocycles. The molecule has 210 valence electrons. The topological polar surface area (TPSA) is 78.4 Å². The van der Waals surface area contributed by atoms with Gasteiger partial charge in [0.05, 0.1) is 16.5 Å². The number of nitrogens with zero attached hydrogens (tertiary/aromatic N) is 4. The number of rotatable bonds is 9. The number of piperazine rings is 1. The van der Waals surface area contributed by atoms with Crippen molar-refractivity contribution < 1.29 is 8.42 Å². The van der Waals surface area contributed by atoms with Gasteiger partial charge in [-0.3, -0.25) is 4.90 Å². The number of hydrogen-bond acceptors (Lipinski definition) is 6. The second kappa shape index (κ2) is 12.0. The van der Waals surface area contributed by atoms with Gasteiger partial charge in [-0.05, 0) is 66.8 Å². The minimum atomic E-state index is -3.52. The lowest BCUT2D eigenvalue weighted by Gasteiger charge is -2.37. The van der Waals surface area contributed by atoms with Crippen molar-refractivity contribution in [2.24, 2.45) is 0 Å². The highest BCUT2D eigenvalue weighted by molar-refractivity contribution is 7.89. The molecule has 40 heavy (non-hydrogen) atoms. The molecule has 1 aromatic heterocycles. The molecule has 1 saturated heterocycles. The number of benzene rings is 3. The molecule has 0 bridgehead atoms. The van der Waals surface area contributed by atoms with Crippen molar-refractivity contribution in [3.8, 4) is 0 Å². The molecule has 1 fully saturated rings. The molecular weight excluding hydrogens is 518 g/mol. The van der Waals surface area contributed by atoms with Crippen molar-refractivity contribution in [2.75, 3.05) is 31.5 Å². The molecule has 1 aliphatic heterocycles. The Kier molecular flexibility index (Phi) is 8.49. The van der Waals surface area contributed by atoms with Crippen molar-refractivity contribution in [2.45, 2.75) is 57.4 Å². The van der Waals surface area contributed by atoms with Gasteiger partial charge in [0.2, 0.25) is 10.0 Å². The van der Waals surface area contributed by atoms with Crippen LogP contribution in [0.1, 0.15) is 63.0 Å². The Morgan fingerprint density at radius 3 is 2.17 bits per heavy atom. The van der Waals surface area contributed by atoms with Crippen LogP contribution in [0.4, 0.5) is 11.5 Å². The Hall–Kier alpha value is -3.33. The van der Waals surface area contributed by atoms with Crippen LogP contribution in [0, 0.1) is 0 Å². The Morgan fingerprint density at radius 1 is 0.850 bits per heavy atom. The van der Waals surface area contributed by atoms with Gasteiger partial charge < -0.3 is 5.32 Å². The van der Waals surface area contributed by atoms with Crippen molar-refractivity contribution >= 4 is 32.4 Å². The third-order valence-corrected chi connectivity index (χ3v) is 9.67. The second-order valence-corrected chi connectivity index (χ2v) is 12.8. The zero-order valence-electron chi connectivity index (χ0n) is 23.8. The normalized spacial score (nSPS) is 15.9. The van der Waals surface area contributed by atoms with Crippen molar-refractivity contribution in [1.82, 2.24) is 19.2 Å². The molecule has 2 heterocycles. The van der Waals surface area contributed by atoms with Gasteiger partial charge in [-0.1, -0.05) is 63.6 Å². The van der Waals surface area contributed by atoms with Gasteiger partial charge in [-0.15, -0.1) is 0 Å². The van der Waals surface area contributed by atoms with Crippen molar-refractivity contribution in [3.63, 3.8) is 0 Å². The Bertz CT molecular complexity index is 1550. The summed E-state index contributed by atoms with van der Waals surface area (Å²) in [5.74, 6) is 1.98. The summed E-state index contributed by atoms with van der Waals surface area (Å²) in [5, 5.41) is 4.48. The maximum Gasteiger partial charge on any atom is 0.243 e. The van der Waals surface area contributed by atoms with E-state index in [4.69, 9.17) is 9.97 Å². The SMILES string of the molecule is CCCc1ccc(S(=O)(=O)N2CCN([C@H](C)c3nc(Nc4ccc(C(C)C)cc4)c4ccccc4n3)CC2)cc1. The predicted molar refractivity (Wildman–Crippen MR) is 163 cm³/mol. The van der Waals surface area contributed by atoms with Gasteiger partial charge in [0, 0.05) is 37.3 Å². The van der Waals surface area contributed by atoms with Crippen LogP contribution in [0.3, 0.4) is 0 Å². The van der Waals surface area contributed by atoms with Gasteiger partial charge >= 0.3 is 0 Å². The van der Waals surface area contributed by atoms with Crippen LogP contribution < -0.4 is 5.32 Å². The van der Waals surface area contributed by atoms with Crippen LogP contribution in [-0.2, 0) is 16.4 Å². The van der Waals surface area contributed by atoms with Crippen LogP contribution >= 0.6 is 0 Å². The number of sulfonamides is 1. The summed E-state index contributed by atoms with van der Waals surface area (Å²) in [5.41, 5.74) is 4.32. The van der Waals surface area contributed by atoms with Gasteiger partial charge in [0.1, 0.15) is 11.6 Å². The number of hydrogen-bond donors (Lipinski definition) is 1. The molecule has 0 spiro atoms. The number of fused-ring (bicyclic) bond motifs is 1. The summed E-state index contributed by atoms with van der Waals surface area (Å²) in [4.78, 5) is 12.5. The van der Waals surface area contributed by atoms with E-state index < -0.39 is 10.0 Å². The van der Waals surface area contributed by atoms with E-state index in [-0.39, 0.29) is 6.04 Å². The first-order valence-corrected chi connectivity index (χ1v) is 15.7. The lowest BCUT2D eigenvalue weighted by molar-refractivity contribution is 0.141. The minimum absolute atomic E-state index is 0.0633. The van der Waals surface area contributed by atoms with E-state index in [1.165, 1.54) is 5.56 Å². The fourth-order valence-corrected chi connectivity index (χ4v) is 6.65. The molecule has 0 unspecified atom stereocenters. The zero-order valence-corrected chi connectivity index (χ0v) is 24.7. The summed E-state index contributed by atoms with van der Waals surface area (Å²) in [6.07, 6.45) is 1.99. The van der Waals surface area contributed by atoms with Gasteiger partial charge in [0.25, 0.3) is 0 Å². The van der Waals surface area contributed by atoms with Crippen molar-refractivity contribution in [1.29, 1.82) is 0 Å². The summed E-state index contributed by atoms with van der Waals surface area (Å²) < 4.78 is 28.2. The lowest BCUT2D eigenvalue weighted by Crippen LogP contribution is -2.49. The molecule has 1 atom stereocenters. The third-order valence-electron chi connectivity index (χ3n) is 7.76. The van der Waals surface area contributed by atoms with E-state index in [9.17, 15) is 8.42 Å². The first-order chi connectivity index (χ1) is 19.3. The molecule has 1 N–H and O–H groups in total. The molecule has 1 aliphatic rings. The van der Waals surface area contributed by atoms with Gasteiger partial charge in [0.15, 0.2) is 0 Å². The Balaban J connectivity index is 1.32. The van der Waals surface area contributed by atoms with Gasteiger partial charge in [-0.25, -0.2) is 18.4 Å².